The van der Waals surface area contributed by atoms with E-state index in [4.69, 9.17) is 5.11 Å². The average Bonchev–Trinajstić information content (AvgIpc) is 2.40. The number of isocyanates is 1. The lowest BCUT2D eigenvalue weighted by atomic mass is 10.0. The number of benzene rings is 2. The molecule has 4 nitrogen and oxygen atoms in total. The van der Waals surface area contributed by atoms with E-state index in [1.165, 1.54) is 12.1 Å². The molecule has 0 heterocycles. The number of carbonyl (C=O) groups is 1. The van der Waals surface area contributed by atoms with E-state index in [1.807, 2.05) is 6.07 Å². The van der Waals surface area contributed by atoms with Gasteiger partial charge in [0.2, 0.25) is 6.08 Å². The van der Waals surface area contributed by atoms with Crippen molar-refractivity contribution in [3.05, 3.63) is 54.1 Å². The fraction of sp³-hybridized carbons (Fsp3) is 0. The Morgan fingerprint density at radius 2 is 1.78 bits per heavy atom. The first-order valence-electron chi connectivity index (χ1n) is 5.22. The molecule has 4 heteroatoms. The maximum Gasteiger partial charge on any atom is 0.335 e. The second-order valence-corrected chi connectivity index (χ2v) is 3.64. The Balaban J connectivity index is 2.39. The summed E-state index contributed by atoms with van der Waals surface area (Å²) in [4.78, 5) is 24.4. The van der Waals surface area contributed by atoms with Gasteiger partial charge in [-0.25, -0.2) is 9.59 Å². The molecule has 2 aromatic carbocycles. The number of carboxylic acid groups (broad SMARTS) is 1. The van der Waals surface area contributed by atoms with Crippen LogP contribution in [-0.4, -0.2) is 17.2 Å². The molecule has 0 saturated heterocycles. The number of nitrogens with zero attached hydrogens (tertiary/aromatic N) is 1. The van der Waals surface area contributed by atoms with Gasteiger partial charge in [0, 0.05) is 0 Å². The molecular formula is C14H9NO3. The van der Waals surface area contributed by atoms with Crippen molar-refractivity contribution in [2.24, 2.45) is 4.99 Å². The summed E-state index contributed by atoms with van der Waals surface area (Å²) in [6, 6.07) is 13.5. The predicted molar refractivity (Wildman–Crippen MR) is 66.6 cm³/mol. The van der Waals surface area contributed by atoms with Crippen molar-refractivity contribution >= 4 is 17.7 Å². The SMILES string of the molecule is O=C=Nc1ccc(-c2cccc(C(=O)O)c2)cc1. The Hall–Kier alpha value is -2.71. The fourth-order valence-corrected chi connectivity index (χ4v) is 1.61. The summed E-state index contributed by atoms with van der Waals surface area (Å²) in [5.41, 5.74) is 2.42. The lowest BCUT2D eigenvalue weighted by Crippen LogP contribution is -1.95. The molecule has 18 heavy (non-hydrogen) atoms. The van der Waals surface area contributed by atoms with Crippen LogP contribution >= 0.6 is 0 Å². The lowest BCUT2D eigenvalue weighted by molar-refractivity contribution is 0.0697. The number of rotatable bonds is 3. The fourth-order valence-electron chi connectivity index (χ4n) is 1.61. The lowest BCUT2D eigenvalue weighted by Gasteiger charge is -2.03. The largest absolute Gasteiger partial charge is 0.478 e. The van der Waals surface area contributed by atoms with Crippen LogP contribution in [0.15, 0.2) is 53.5 Å². The Labute approximate surface area is 103 Å². The molecule has 0 bridgehead atoms. The monoisotopic (exact) mass is 239 g/mol. The van der Waals surface area contributed by atoms with Gasteiger partial charge >= 0.3 is 5.97 Å². The molecular weight excluding hydrogens is 230 g/mol. The smallest absolute Gasteiger partial charge is 0.335 e. The van der Waals surface area contributed by atoms with Crippen LogP contribution in [0.4, 0.5) is 5.69 Å². The Bertz CT molecular complexity index is 626. The average molecular weight is 239 g/mol. The first-order chi connectivity index (χ1) is 8.70. The highest BCUT2D eigenvalue weighted by Gasteiger charge is 2.04. The number of hydrogen-bond acceptors (Lipinski definition) is 3. The van der Waals surface area contributed by atoms with Gasteiger partial charge in [-0.15, -0.1) is 0 Å². The number of aliphatic imine (C=N–C) groups is 1. The van der Waals surface area contributed by atoms with Crippen molar-refractivity contribution in [2.75, 3.05) is 0 Å². The number of carbonyl (C=O) groups excluding carboxylic acids is 1. The third-order valence-electron chi connectivity index (χ3n) is 2.48. The van der Waals surface area contributed by atoms with E-state index >= 15 is 0 Å². The minimum absolute atomic E-state index is 0.238. The molecule has 0 spiro atoms. The molecule has 0 aliphatic rings. The Kier molecular flexibility index (Phi) is 3.32. The van der Waals surface area contributed by atoms with E-state index in [1.54, 1.807) is 36.4 Å². The highest BCUT2D eigenvalue weighted by Crippen LogP contribution is 2.23. The van der Waals surface area contributed by atoms with Crippen LogP contribution < -0.4 is 0 Å². The summed E-state index contributed by atoms with van der Waals surface area (Å²) in [7, 11) is 0. The van der Waals surface area contributed by atoms with Crippen molar-refractivity contribution in [2.45, 2.75) is 0 Å². The van der Waals surface area contributed by atoms with Crippen molar-refractivity contribution < 1.29 is 14.7 Å². The van der Waals surface area contributed by atoms with E-state index in [2.05, 4.69) is 4.99 Å². The van der Waals surface area contributed by atoms with Gasteiger partial charge < -0.3 is 5.11 Å². The summed E-state index contributed by atoms with van der Waals surface area (Å²) in [6.07, 6.45) is 1.46. The van der Waals surface area contributed by atoms with E-state index in [0.717, 1.165) is 11.1 Å². The van der Waals surface area contributed by atoms with Gasteiger partial charge in [0.25, 0.3) is 0 Å². The molecule has 0 atom stereocenters. The molecule has 0 amide bonds. The molecule has 0 fully saturated rings. The zero-order chi connectivity index (χ0) is 13.0. The molecule has 1 N–H and O–H groups in total. The third-order valence-corrected chi connectivity index (χ3v) is 2.48. The number of hydrogen-bond donors (Lipinski definition) is 1. The molecule has 0 aromatic heterocycles. The highest BCUT2D eigenvalue weighted by atomic mass is 16.4. The van der Waals surface area contributed by atoms with Crippen LogP contribution in [0.2, 0.25) is 0 Å². The normalized spacial score (nSPS) is 9.56. The molecule has 0 aliphatic heterocycles. The van der Waals surface area contributed by atoms with Crippen LogP contribution in [0.1, 0.15) is 10.4 Å². The number of aromatic carboxylic acids is 1. The zero-order valence-electron chi connectivity index (χ0n) is 9.33. The summed E-state index contributed by atoms with van der Waals surface area (Å²) in [5.74, 6) is -0.959. The standard InChI is InChI=1S/C14H9NO3/c16-9-15-13-6-4-10(5-7-13)11-2-1-3-12(8-11)14(17)18/h1-8H,(H,17,18). The second kappa shape index (κ2) is 5.08. The van der Waals surface area contributed by atoms with Gasteiger partial charge in [0.1, 0.15) is 0 Å². The molecule has 0 radical (unpaired) electrons. The third kappa shape index (κ3) is 2.51. The Morgan fingerprint density at radius 1 is 1.06 bits per heavy atom. The van der Waals surface area contributed by atoms with Crippen LogP contribution in [0.3, 0.4) is 0 Å². The minimum Gasteiger partial charge on any atom is -0.478 e. The van der Waals surface area contributed by atoms with Crippen LogP contribution in [0.25, 0.3) is 11.1 Å². The molecule has 2 aromatic rings. The van der Waals surface area contributed by atoms with E-state index in [0.29, 0.717) is 5.69 Å². The van der Waals surface area contributed by atoms with Gasteiger partial charge in [-0.05, 0) is 35.4 Å². The zero-order valence-corrected chi connectivity index (χ0v) is 9.33. The van der Waals surface area contributed by atoms with Gasteiger partial charge in [-0.1, -0.05) is 24.3 Å². The summed E-state index contributed by atoms with van der Waals surface area (Å²) in [6.45, 7) is 0. The number of carboxylic acids is 1. The van der Waals surface area contributed by atoms with E-state index in [-0.39, 0.29) is 5.56 Å². The summed E-state index contributed by atoms with van der Waals surface area (Å²) in [5, 5.41) is 8.91. The first-order valence-corrected chi connectivity index (χ1v) is 5.22. The van der Waals surface area contributed by atoms with E-state index in [9.17, 15) is 9.59 Å². The van der Waals surface area contributed by atoms with Gasteiger partial charge in [0.05, 0.1) is 11.3 Å². The van der Waals surface area contributed by atoms with Gasteiger partial charge in [-0.2, -0.15) is 4.99 Å². The van der Waals surface area contributed by atoms with Crippen molar-refractivity contribution in [1.29, 1.82) is 0 Å². The summed E-state index contributed by atoms with van der Waals surface area (Å²) < 4.78 is 0. The summed E-state index contributed by atoms with van der Waals surface area (Å²) >= 11 is 0. The van der Waals surface area contributed by atoms with Crippen LogP contribution in [-0.2, 0) is 4.79 Å². The highest BCUT2D eigenvalue weighted by molar-refractivity contribution is 5.89. The van der Waals surface area contributed by atoms with Crippen molar-refractivity contribution in [1.82, 2.24) is 0 Å². The maximum atomic E-state index is 10.9. The minimum atomic E-state index is -0.959. The van der Waals surface area contributed by atoms with Crippen molar-refractivity contribution in [3.8, 4) is 11.1 Å². The maximum absolute atomic E-state index is 10.9. The quantitative estimate of drug-likeness (QED) is 0.661. The molecule has 0 aliphatic carbocycles. The topological polar surface area (TPSA) is 66.7 Å². The van der Waals surface area contributed by atoms with E-state index < -0.39 is 5.97 Å². The van der Waals surface area contributed by atoms with Gasteiger partial charge in [0.15, 0.2) is 0 Å². The van der Waals surface area contributed by atoms with Crippen molar-refractivity contribution in [3.63, 3.8) is 0 Å². The predicted octanol–water partition coefficient (Wildman–Crippen LogP) is 3.02. The molecule has 0 unspecified atom stereocenters. The van der Waals surface area contributed by atoms with Gasteiger partial charge in [-0.3, -0.25) is 0 Å². The first kappa shape index (κ1) is 11.8. The molecule has 0 saturated carbocycles. The second-order valence-electron chi connectivity index (χ2n) is 3.64. The molecule has 2 rings (SSSR count). The van der Waals surface area contributed by atoms with Crippen LogP contribution in [0.5, 0.6) is 0 Å². The molecule has 88 valence electrons. The van der Waals surface area contributed by atoms with Crippen LogP contribution in [0, 0.1) is 0 Å². The Morgan fingerprint density at radius 3 is 2.39 bits per heavy atom.